The number of unbranched alkanes of at least 4 members (excludes halogenated alkanes) is 38. The highest BCUT2D eigenvalue weighted by molar-refractivity contribution is 5.71. The van der Waals surface area contributed by atoms with Gasteiger partial charge in [0.15, 0.2) is 6.10 Å². The van der Waals surface area contributed by atoms with Gasteiger partial charge in [0.25, 0.3) is 0 Å². The van der Waals surface area contributed by atoms with Gasteiger partial charge in [-0.15, -0.1) is 0 Å². The Morgan fingerprint density at radius 3 is 0.785 bits per heavy atom. The summed E-state index contributed by atoms with van der Waals surface area (Å²) in [4.78, 5) is 38.1. The first-order valence-electron chi connectivity index (χ1n) is 28.8. The van der Waals surface area contributed by atoms with Gasteiger partial charge in [-0.1, -0.05) is 251 Å². The van der Waals surface area contributed by atoms with E-state index in [2.05, 4.69) is 45.1 Å². The van der Waals surface area contributed by atoms with Crippen LogP contribution in [0, 0.1) is 0 Å². The summed E-state index contributed by atoms with van der Waals surface area (Å²) in [7, 11) is 0. The lowest BCUT2D eigenvalue weighted by Gasteiger charge is -2.18. The lowest BCUT2D eigenvalue weighted by atomic mass is 10.0. The van der Waals surface area contributed by atoms with Crippen molar-refractivity contribution >= 4 is 17.9 Å². The third-order valence-corrected chi connectivity index (χ3v) is 12.9. The molecule has 65 heavy (non-hydrogen) atoms. The van der Waals surface area contributed by atoms with Gasteiger partial charge in [0.1, 0.15) is 13.2 Å². The summed E-state index contributed by atoms with van der Waals surface area (Å²) in [6.07, 6.45) is 63.1. The highest BCUT2D eigenvalue weighted by Gasteiger charge is 2.19. The van der Waals surface area contributed by atoms with Crippen molar-refractivity contribution in [3.8, 4) is 0 Å². The summed E-state index contributed by atoms with van der Waals surface area (Å²) in [5.41, 5.74) is 0. The van der Waals surface area contributed by atoms with Crippen molar-refractivity contribution in [3.05, 3.63) is 24.3 Å². The molecule has 0 unspecified atom stereocenters. The molecule has 382 valence electrons. The highest BCUT2D eigenvalue weighted by Crippen LogP contribution is 2.16. The van der Waals surface area contributed by atoms with E-state index in [1.807, 2.05) is 0 Å². The molecule has 0 aromatic heterocycles. The SMILES string of the molecule is CCCCCC/C=C\CCCCCCCC(=O)O[C@H](COC(=O)CCCCCCCCC/C=C\CCCCCCCC)COC(=O)CCCCCCCCCCCCCCCCCCC. The number of hydrogen-bond acceptors (Lipinski definition) is 6. The number of carbonyl (C=O) groups excluding carboxylic acids is 3. The monoisotopic (exact) mass is 915 g/mol. The van der Waals surface area contributed by atoms with E-state index >= 15 is 0 Å². The molecule has 0 aliphatic rings. The molecule has 0 rings (SSSR count). The Kier molecular flexibility index (Phi) is 52.7. The van der Waals surface area contributed by atoms with Crippen molar-refractivity contribution < 1.29 is 28.6 Å². The van der Waals surface area contributed by atoms with Crippen LogP contribution < -0.4 is 0 Å². The molecular weight excluding hydrogens is 805 g/mol. The van der Waals surface area contributed by atoms with Crippen LogP contribution in [-0.2, 0) is 28.6 Å². The van der Waals surface area contributed by atoms with Crippen LogP contribution in [0.4, 0.5) is 0 Å². The highest BCUT2D eigenvalue weighted by atomic mass is 16.6. The molecule has 0 spiro atoms. The summed E-state index contributed by atoms with van der Waals surface area (Å²) in [6, 6.07) is 0. The Balaban J connectivity index is 4.32. The minimum absolute atomic E-state index is 0.0716. The summed E-state index contributed by atoms with van der Waals surface area (Å²) >= 11 is 0. The van der Waals surface area contributed by atoms with Crippen molar-refractivity contribution in [2.45, 2.75) is 322 Å². The van der Waals surface area contributed by atoms with E-state index in [1.165, 1.54) is 212 Å². The van der Waals surface area contributed by atoms with Crippen molar-refractivity contribution in [2.75, 3.05) is 13.2 Å². The Morgan fingerprint density at radius 2 is 0.508 bits per heavy atom. The van der Waals surface area contributed by atoms with E-state index in [0.717, 1.165) is 64.2 Å². The average Bonchev–Trinajstić information content (AvgIpc) is 3.30. The number of hydrogen-bond donors (Lipinski definition) is 0. The van der Waals surface area contributed by atoms with Gasteiger partial charge < -0.3 is 14.2 Å². The zero-order valence-electron chi connectivity index (χ0n) is 43.8. The first-order chi connectivity index (χ1) is 32.0. The number of esters is 3. The molecular formula is C59H110O6. The second-order valence-corrected chi connectivity index (χ2v) is 19.6. The van der Waals surface area contributed by atoms with Crippen LogP contribution >= 0.6 is 0 Å². The molecule has 0 aromatic carbocycles. The molecule has 0 aliphatic carbocycles. The zero-order valence-corrected chi connectivity index (χ0v) is 43.8. The lowest BCUT2D eigenvalue weighted by Crippen LogP contribution is -2.30. The van der Waals surface area contributed by atoms with Gasteiger partial charge in [0.05, 0.1) is 0 Å². The van der Waals surface area contributed by atoms with Crippen LogP contribution in [0.3, 0.4) is 0 Å². The van der Waals surface area contributed by atoms with Crippen LogP contribution in [0.5, 0.6) is 0 Å². The van der Waals surface area contributed by atoms with Crippen LogP contribution in [0.1, 0.15) is 316 Å². The van der Waals surface area contributed by atoms with Crippen molar-refractivity contribution in [1.29, 1.82) is 0 Å². The summed E-state index contributed by atoms with van der Waals surface area (Å²) < 4.78 is 16.9. The van der Waals surface area contributed by atoms with Gasteiger partial charge in [-0.2, -0.15) is 0 Å². The first kappa shape index (κ1) is 62.9. The van der Waals surface area contributed by atoms with E-state index in [1.54, 1.807) is 0 Å². The molecule has 0 fully saturated rings. The molecule has 0 saturated heterocycles. The summed E-state index contributed by atoms with van der Waals surface area (Å²) in [6.45, 7) is 6.66. The standard InChI is InChI=1S/C59H110O6/c1-4-7-10-13-16-19-22-25-27-29-31-34-36-39-42-45-48-51-57(60)63-54-56(65-59(62)53-50-47-44-41-38-33-24-21-18-15-12-9-6-3)55-64-58(61)52-49-46-43-40-37-35-32-30-28-26-23-20-17-14-11-8-5-2/h21,24-25,27,56H,4-20,22-23,26,28-55H2,1-3H3/b24-21-,27-25-/t56-/m1/s1. The topological polar surface area (TPSA) is 78.9 Å². The fraction of sp³-hybridized carbons (Fsp3) is 0.881. The molecule has 0 heterocycles. The molecule has 0 N–H and O–H groups in total. The largest absolute Gasteiger partial charge is 0.462 e. The van der Waals surface area contributed by atoms with Gasteiger partial charge in [-0.25, -0.2) is 0 Å². The maximum absolute atomic E-state index is 12.8. The Labute approximate surface area is 404 Å². The van der Waals surface area contributed by atoms with Crippen LogP contribution in [-0.4, -0.2) is 37.2 Å². The van der Waals surface area contributed by atoms with Gasteiger partial charge in [0, 0.05) is 19.3 Å². The molecule has 0 saturated carbocycles. The Hall–Kier alpha value is -2.11. The van der Waals surface area contributed by atoms with E-state index in [9.17, 15) is 14.4 Å². The summed E-state index contributed by atoms with van der Waals surface area (Å²) in [5.74, 6) is -0.866. The molecule has 0 radical (unpaired) electrons. The number of allylic oxidation sites excluding steroid dienone is 4. The fourth-order valence-electron chi connectivity index (χ4n) is 8.55. The van der Waals surface area contributed by atoms with Crippen LogP contribution in [0.25, 0.3) is 0 Å². The van der Waals surface area contributed by atoms with E-state index in [4.69, 9.17) is 14.2 Å². The van der Waals surface area contributed by atoms with E-state index in [0.29, 0.717) is 19.3 Å². The fourth-order valence-corrected chi connectivity index (χ4v) is 8.55. The lowest BCUT2D eigenvalue weighted by molar-refractivity contribution is -0.167. The molecule has 0 bridgehead atoms. The average molecular weight is 916 g/mol. The zero-order chi connectivity index (χ0) is 47.2. The molecule has 0 aromatic rings. The van der Waals surface area contributed by atoms with Crippen LogP contribution in [0.15, 0.2) is 24.3 Å². The molecule has 0 amide bonds. The van der Waals surface area contributed by atoms with Gasteiger partial charge in [0.2, 0.25) is 0 Å². The second-order valence-electron chi connectivity index (χ2n) is 19.6. The van der Waals surface area contributed by atoms with Gasteiger partial charge in [-0.05, 0) is 70.6 Å². The Bertz CT molecular complexity index is 1050. The van der Waals surface area contributed by atoms with Gasteiger partial charge in [-0.3, -0.25) is 14.4 Å². The maximum atomic E-state index is 12.8. The normalized spacial score (nSPS) is 12.1. The predicted molar refractivity (Wildman–Crippen MR) is 279 cm³/mol. The molecule has 6 nitrogen and oxygen atoms in total. The number of rotatable bonds is 53. The third-order valence-electron chi connectivity index (χ3n) is 12.9. The quantitative estimate of drug-likeness (QED) is 0.0262. The minimum atomic E-state index is -0.773. The molecule has 0 aliphatic heterocycles. The third kappa shape index (κ3) is 52.7. The number of ether oxygens (including phenoxy) is 3. The van der Waals surface area contributed by atoms with Crippen molar-refractivity contribution in [2.24, 2.45) is 0 Å². The smallest absolute Gasteiger partial charge is 0.306 e. The summed E-state index contributed by atoms with van der Waals surface area (Å²) in [5, 5.41) is 0. The Morgan fingerprint density at radius 1 is 0.292 bits per heavy atom. The van der Waals surface area contributed by atoms with Gasteiger partial charge >= 0.3 is 17.9 Å². The molecule has 1 atom stereocenters. The minimum Gasteiger partial charge on any atom is -0.462 e. The van der Waals surface area contributed by atoms with Crippen LogP contribution in [0.2, 0.25) is 0 Å². The van der Waals surface area contributed by atoms with E-state index in [-0.39, 0.29) is 31.1 Å². The van der Waals surface area contributed by atoms with Crippen molar-refractivity contribution in [1.82, 2.24) is 0 Å². The molecule has 6 heteroatoms. The number of carbonyl (C=O) groups is 3. The maximum Gasteiger partial charge on any atom is 0.306 e. The van der Waals surface area contributed by atoms with Crippen molar-refractivity contribution in [3.63, 3.8) is 0 Å². The second kappa shape index (κ2) is 54.5. The first-order valence-corrected chi connectivity index (χ1v) is 28.8. The van der Waals surface area contributed by atoms with E-state index < -0.39 is 6.10 Å². The predicted octanol–water partition coefficient (Wildman–Crippen LogP) is 19.1.